The number of hydrogen-bond donors (Lipinski definition) is 0. The Labute approximate surface area is 63.6 Å². The van der Waals surface area contributed by atoms with Gasteiger partial charge < -0.3 is 4.74 Å². The summed E-state index contributed by atoms with van der Waals surface area (Å²) in [5.41, 5.74) is 0.250. The van der Waals surface area contributed by atoms with Crippen molar-refractivity contribution in [1.82, 2.24) is 0 Å². The average Bonchev–Trinajstić information content (AvgIpc) is 2.07. The predicted octanol–water partition coefficient (Wildman–Crippen LogP) is 0.800. The normalized spacial score (nSPS) is 8.73. The lowest BCUT2D eigenvalue weighted by atomic mass is 10.2. The molecule has 0 saturated carbocycles. The van der Waals surface area contributed by atoms with Gasteiger partial charge in [-0.2, -0.15) is 0 Å². The van der Waals surface area contributed by atoms with E-state index in [0.717, 1.165) is 0 Å². The van der Waals surface area contributed by atoms with E-state index in [2.05, 4.69) is 10.8 Å². The van der Waals surface area contributed by atoms with Gasteiger partial charge in [0.05, 0.1) is 5.56 Å². The molecular formula is C8H5O3. The Morgan fingerprint density at radius 1 is 1.55 bits per heavy atom. The van der Waals surface area contributed by atoms with Crippen LogP contribution in [0.1, 0.15) is 10.4 Å². The van der Waals surface area contributed by atoms with Crippen LogP contribution in [0.3, 0.4) is 0 Å². The SMILES string of the molecule is O=COC(=O)c1[c]cccc1. The third-order valence-electron chi connectivity index (χ3n) is 1.08. The van der Waals surface area contributed by atoms with E-state index in [1.165, 1.54) is 6.07 Å². The lowest BCUT2D eigenvalue weighted by Crippen LogP contribution is -2.02. The lowest BCUT2D eigenvalue weighted by molar-refractivity contribution is -0.123. The third-order valence-corrected chi connectivity index (χ3v) is 1.08. The Kier molecular flexibility index (Phi) is 2.38. The van der Waals surface area contributed by atoms with Crippen LogP contribution in [0.25, 0.3) is 0 Å². The highest BCUT2D eigenvalue weighted by atomic mass is 16.6. The van der Waals surface area contributed by atoms with Gasteiger partial charge in [0.25, 0.3) is 0 Å². The van der Waals surface area contributed by atoms with Crippen molar-refractivity contribution in [3.05, 3.63) is 35.9 Å². The van der Waals surface area contributed by atoms with E-state index in [1.807, 2.05) is 0 Å². The van der Waals surface area contributed by atoms with Crippen molar-refractivity contribution in [2.75, 3.05) is 0 Å². The summed E-state index contributed by atoms with van der Waals surface area (Å²) in [5, 5.41) is 0. The maximum atomic E-state index is 10.8. The van der Waals surface area contributed by atoms with E-state index in [-0.39, 0.29) is 12.0 Å². The molecule has 3 nitrogen and oxygen atoms in total. The maximum absolute atomic E-state index is 10.8. The van der Waals surface area contributed by atoms with E-state index in [9.17, 15) is 9.59 Å². The number of hydrogen-bond acceptors (Lipinski definition) is 3. The second-order valence-corrected chi connectivity index (χ2v) is 1.78. The van der Waals surface area contributed by atoms with Crippen molar-refractivity contribution in [2.45, 2.75) is 0 Å². The van der Waals surface area contributed by atoms with Crippen LogP contribution >= 0.6 is 0 Å². The van der Waals surface area contributed by atoms with Crippen LogP contribution in [-0.2, 0) is 9.53 Å². The second-order valence-electron chi connectivity index (χ2n) is 1.78. The lowest BCUT2D eigenvalue weighted by Gasteiger charge is -1.93. The Bertz CT molecular complexity index is 253. The Hall–Kier alpha value is -1.64. The quantitative estimate of drug-likeness (QED) is 0.355. The van der Waals surface area contributed by atoms with Gasteiger partial charge >= 0.3 is 12.4 Å². The summed E-state index contributed by atoms with van der Waals surface area (Å²) in [7, 11) is 0. The highest BCUT2D eigenvalue weighted by Crippen LogP contribution is 1.98. The largest absolute Gasteiger partial charge is 0.392 e. The summed E-state index contributed by atoms with van der Waals surface area (Å²) in [6, 6.07) is 9.09. The van der Waals surface area contributed by atoms with Gasteiger partial charge in [-0.15, -0.1) is 0 Å². The van der Waals surface area contributed by atoms with Crippen LogP contribution < -0.4 is 0 Å². The molecule has 0 fully saturated rings. The Morgan fingerprint density at radius 2 is 2.36 bits per heavy atom. The van der Waals surface area contributed by atoms with Crippen LogP contribution in [0.2, 0.25) is 0 Å². The van der Waals surface area contributed by atoms with Crippen LogP contribution in [-0.4, -0.2) is 12.4 Å². The van der Waals surface area contributed by atoms with Crippen molar-refractivity contribution in [3.8, 4) is 0 Å². The molecule has 0 spiro atoms. The molecule has 0 amide bonds. The number of rotatable bonds is 2. The van der Waals surface area contributed by atoms with E-state index in [4.69, 9.17) is 0 Å². The molecule has 0 aliphatic carbocycles. The molecule has 0 N–H and O–H groups in total. The maximum Gasteiger partial charge on any atom is 0.346 e. The molecule has 1 aromatic carbocycles. The highest BCUT2D eigenvalue weighted by molar-refractivity contribution is 5.92. The molecule has 1 rings (SSSR count). The van der Waals surface area contributed by atoms with Crippen LogP contribution in [0.5, 0.6) is 0 Å². The van der Waals surface area contributed by atoms with Crippen LogP contribution in [0.4, 0.5) is 0 Å². The van der Waals surface area contributed by atoms with Gasteiger partial charge in [0.2, 0.25) is 0 Å². The fraction of sp³-hybridized carbons (Fsp3) is 0. The Morgan fingerprint density at radius 3 is 2.91 bits per heavy atom. The monoisotopic (exact) mass is 149 g/mol. The van der Waals surface area contributed by atoms with E-state index < -0.39 is 5.97 Å². The fourth-order valence-electron chi connectivity index (χ4n) is 0.627. The average molecular weight is 149 g/mol. The first-order valence-corrected chi connectivity index (χ1v) is 2.96. The number of carbonyl (C=O) groups is 2. The van der Waals surface area contributed by atoms with Crippen molar-refractivity contribution < 1.29 is 14.3 Å². The molecule has 0 unspecified atom stereocenters. The summed E-state index contributed by atoms with van der Waals surface area (Å²) < 4.78 is 4.08. The fourth-order valence-corrected chi connectivity index (χ4v) is 0.627. The zero-order valence-corrected chi connectivity index (χ0v) is 5.61. The summed E-state index contributed by atoms with van der Waals surface area (Å²) in [5.74, 6) is -0.680. The first-order valence-electron chi connectivity index (χ1n) is 2.96. The molecule has 1 radical (unpaired) electrons. The van der Waals surface area contributed by atoms with Gasteiger partial charge in [0.15, 0.2) is 0 Å². The third kappa shape index (κ3) is 1.89. The summed E-state index contributed by atoms with van der Waals surface area (Å²) in [4.78, 5) is 20.5. The van der Waals surface area contributed by atoms with E-state index in [1.54, 1.807) is 18.2 Å². The van der Waals surface area contributed by atoms with Crippen molar-refractivity contribution >= 4 is 12.4 Å². The predicted molar refractivity (Wildman–Crippen MR) is 36.8 cm³/mol. The molecule has 0 aromatic heterocycles. The number of benzene rings is 1. The molecule has 55 valence electrons. The standard InChI is InChI=1S/C8H5O3/c9-6-11-8(10)7-4-2-1-3-5-7/h1-4,6H. The van der Waals surface area contributed by atoms with Gasteiger partial charge in [-0.3, -0.25) is 4.79 Å². The molecule has 1 aromatic rings. The van der Waals surface area contributed by atoms with Crippen molar-refractivity contribution in [2.24, 2.45) is 0 Å². The molecule has 3 heteroatoms. The van der Waals surface area contributed by atoms with Crippen LogP contribution in [0.15, 0.2) is 24.3 Å². The first-order chi connectivity index (χ1) is 5.34. The minimum absolute atomic E-state index is 0.100. The highest BCUT2D eigenvalue weighted by Gasteiger charge is 2.03. The molecule has 0 bridgehead atoms. The molecule has 0 aliphatic rings. The molecule has 0 aliphatic heterocycles. The molecule has 0 atom stereocenters. The van der Waals surface area contributed by atoms with Gasteiger partial charge in [0.1, 0.15) is 0 Å². The minimum Gasteiger partial charge on any atom is -0.392 e. The van der Waals surface area contributed by atoms with Gasteiger partial charge in [-0.1, -0.05) is 18.2 Å². The first kappa shape index (κ1) is 7.47. The van der Waals surface area contributed by atoms with E-state index in [0.29, 0.717) is 0 Å². The number of ether oxygens (including phenoxy) is 1. The minimum atomic E-state index is -0.680. The zero-order chi connectivity index (χ0) is 8.10. The van der Waals surface area contributed by atoms with Crippen LogP contribution in [0, 0.1) is 6.07 Å². The summed E-state index contributed by atoms with van der Waals surface area (Å²) in [6.45, 7) is 0.100. The summed E-state index contributed by atoms with van der Waals surface area (Å²) >= 11 is 0. The van der Waals surface area contributed by atoms with Crippen molar-refractivity contribution in [1.29, 1.82) is 0 Å². The molecular weight excluding hydrogens is 144 g/mol. The van der Waals surface area contributed by atoms with Gasteiger partial charge in [-0.25, -0.2) is 4.79 Å². The zero-order valence-electron chi connectivity index (χ0n) is 5.61. The molecule has 11 heavy (non-hydrogen) atoms. The number of esters is 1. The smallest absolute Gasteiger partial charge is 0.346 e. The van der Waals surface area contributed by atoms with Crippen molar-refractivity contribution in [3.63, 3.8) is 0 Å². The van der Waals surface area contributed by atoms with Gasteiger partial charge in [-0.05, 0) is 12.1 Å². The molecule has 0 heterocycles. The second kappa shape index (κ2) is 3.51. The van der Waals surface area contributed by atoms with E-state index >= 15 is 0 Å². The van der Waals surface area contributed by atoms with Gasteiger partial charge in [0, 0.05) is 0 Å². The number of carbonyl (C=O) groups excluding carboxylic acids is 2. The topological polar surface area (TPSA) is 43.4 Å². The molecule has 0 saturated heterocycles. The Balaban J connectivity index is 2.77. The summed E-state index contributed by atoms with van der Waals surface area (Å²) in [6.07, 6.45) is 0.